The van der Waals surface area contributed by atoms with Crippen LogP contribution in [0.2, 0.25) is 0 Å². The molecule has 0 heterocycles. The molecule has 6 nitrogen and oxygen atoms in total. The van der Waals surface area contributed by atoms with E-state index in [1.165, 1.54) is 22.5 Å². The van der Waals surface area contributed by atoms with E-state index in [4.69, 9.17) is 15.9 Å². The number of anilines is 3. The molecule has 3 aromatic carbocycles. The lowest BCUT2D eigenvalue weighted by atomic mass is 9.90. The van der Waals surface area contributed by atoms with Crippen molar-refractivity contribution < 1.29 is 19.1 Å². The van der Waals surface area contributed by atoms with Crippen LogP contribution in [0, 0.1) is 25.2 Å². The summed E-state index contributed by atoms with van der Waals surface area (Å²) < 4.78 is 10.5. The third-order valence-corrected chi connectivity index (χ3v) is 9.53. The Hall–Kier alpha value is -5.28. The van der Waals surface area contributed by atoms with Gasteiger partial charge in [-0.3, -0.25) is 4.79 Å². The number of carbonyl (C=O) groups excluding carboxylic acids is 2. The number of benzene rings is 3. The summed E-state index contributed by atoms with van der Waals surface area (Å²) in [6.45, 7) is 9.30. The number of terminal acetylenes is 1. The molecule has 51 heavy (non-hydrogen) atoms. The number of nitrogens with zero attached hydrogens (tertiary/aromatic N) is 2. The highest BCUT2D eigenvalue weighted by atomic mass is 16.5. The van der Waals surface area contributed by atoms with Crippen LogP contribution in [-0.2, 0) is 14.3 Å². The number of hydrogen-bond donors (Lipinski definition) is 0. The fourth-order valence-corrected chi connectivity index (χ4v) is 6.63. The van der Waals surface area contributed by atoms with E-state index in [-0.39, 0.29) is 23.8 Å². The quantitative estimate of drug-likeness (QED) is 0.0958. The van der Waals surface area contributed by atoms with E-state index in [0.717, 1.165) is 48.3 Å². The van der Waals surface area contributed by atoms with E-state index in [1.54, 1.807) is 0 Å². The zero-order chi connectivity index (χ0) is 36.2. The van der Waals surface area contributed by atoms with Crippen molar-refractivity contribution in [3.05, 3.63) is 137 Å². The first-order valence-corrected chi connectivity index (χ1v) is 18.1. The lowest BCUT2D eigenvalue weighted by molar-refractivity contribution is -0.148. The molecule has 0 N–H and O–H groups in total. The maximum atomic E-state index is 12.4. The second-order valence-electron chi connectivity index (χ2n) is 13.2. The van der Waals surface area contributed by atoms with Crippen LogP contribution in [-0.4, -0.2) is 31.7 Å². The van der Waals surface area contributed by atoms with Gasteiger partial charge < -0.3 is 19.3 Å². The minimum atomic E-state index is -0.322. The number of carbonyl (C=O) groups is 2. The molecule has 0 fully saturated rings. The van der Waals surface area contributed by atoms with Crippen molar-refractivity contribution >= 4 is 29.0 Å². The van der Waals surface area contributed by atoms with Gasteiger partial charge in [-0.2, -0.15) is 0 Å². The van der Waals surface area contributed by atoms with Gasteiger partial charge in [0.25, 0.3) is 0 Å². The second kappa shape index (κ2) is 18.1. The van der Waals surface area contributed by atoms with Crippen LogP contribution in [0.4, 0.5) is 17.1 Å². The minimum absolute atomic E-state index is 0.0438. The molecule has 0 radical (unpaired) electrons. The maximum Gasteiger partial charge on any atom is 0.338 e. The SMILES string of the molecule is C#CCC(/C=C\CN(c1ccc(C)cc1)c1ccc(C(=O)OCC)cc1)c1ccc(N(C2=CC=C(C)CC2)C2=CCC(C(=O)OCC)CC2)cc1. The predicted molar refractivity (Wildman–Crippen MR) is 208 cm³/mol. The van der Waals surface area contributed by atoms with Crippen molar-refractivity contribution in [1.29, 1.82) is 0 Å². The van der Waals surface area contributed by atoms with Crippen molar-refractivity contribution in [1.82, 2.24) is 0 Å². The molecule has 6 heteroatoms. The Bertz CT molecular complexity index is 1810. The molecule has 0 spiro atoms. The molecule has 0 amide bonds. The van der Waals surface area contributed by atoms with E-state index in [2.05, 4.69) is 108 Å². The van der Waals surface area contributed by atoms with Gasteiger partial charge in [-0.05, 0) is 120 Å². The molecule has 264 valence electrons. The Balaban J connectivity index is 1.37. The van der Waals surface area contributed by atoms with Crippen LogP contribution >= 0.6 is 0 Å². The predicted octanol–water partition coefficient (Wildman–Crippen LogP) is 10.4. The molecule has 3 aromatic rings. The Morgan fingerprint density at radius 3 is 2.10 bits per heavy atom. The number of esters is 2. The number of allylic oxidation sites excluding steroid dienone is 7. The van der Waals surface area contributed by atoms with Crippen LogP contribution < -0.4 is 9.80 Å². The zero-order valence-electron chi connectivity index (χ0n) is 30.4. The molecule has 0 bridgehead atoms. The monoisotopic (exact) mass is 682 g/mol. The summed E-state index contributed by atoms with van der Waals surface area (Å²) in [7, 11) is 0. The van der Waals surface area contributed by atoms with Gasteiger partial charge in [0, 0.05) is 47.3 Å². The average Bonchev–Trinajstić information content (AvgIpc) is 3.15. The van der Waals surface area contributed by atoms with Gasteiger partial charge in [0.1, 0.15) is 0 Å². The summed E-state index contributed by atoms with van der Waals surface area (Å²) in [5.41, 5.74) is 9.89. The third kappa shape index (κ3) is 9.70. The summed E-state index contributed by atoms with van der Waals surface area (Å²) in [6.07, 6.45) is 21.8. The van der Waals surface area contributed by atoms with E-state index >= 15 is 0 Å². The molecule has 2 aliphatic rings. The van der Waals surface area contributed by atoms with Crippen LogP contribution in [0.1, 0.15) is 86.7 Å². The van der Waals surface area contributed by atoms with E-state index < -0.39 is 0 Å². The number of aryl methyl sites for hydroxylation is 1. The molecule has 0 aromatic heterocycles. The van der Waals surface area contributed by atoms with Gasteiger partial charge in [-0.25, -0.2) is 4.79 Å². The molecule has 2 atom stereocenters. The van der Waals surface area contributed by atoms with Crippen molar-refractivity contribution in [2.24, 2.45) is 5.92 Å². The molecular formula is C45H50N2O4. The zero-order valence-corrected chi connectivity index (χ0v) is 30.4. The van der Waals surface area contributed by atoms with Crippen LogP contribution in [0.3, 0.4) is 0 Å². The molecule has 5 rings (SSSR count). The van der Waals surface area contributed by atoms with Gasteiger partial charge in [-0.1, -0.05) is 59.7 Å². The summed E-state index contributed by atoms with van der Waals surface area (Å²) in [5.74, 6) is 2.43. The number of hydrogen-bond acceptors (Lipinski definition) is 6. The normalized spacial score (nSPS) is 16.3. The van der Waals surface area contributed by atoms with Crippen LogP contribution in [0.15, 0.2) is 120 Å². The lowest BCUT2D eigenvalue weighted by Crippen LogP contribution is -2.27. The highest BCUT2D eigenvalue weighted by Gasteiger charge is 2.27. The molecule has 0 saturated heterocycles. The maximum absolute atomic E-state index is 12.4. The Labute approximate surface area is 304 Å². The second-order valence-corrected chi connectivity index (χ2v) is 13.2. The number of ether oxygens (including phenoxy) is 2. The van der Waals surface area contributed by atoms with Gasteiger partial charge >= 0.3 is 11.9 Å². The first-order valence-electron chi connectivity index (χ1n) is 18.1. The summed E-state index contributed by atoms with van der Waals surface area (Å²) >= 11 is 0. The first kappa shape index (κ1) is 37.0. The molecule has 0 saturated carbocycles. The summed E-state index contributed by atoms with van der Waals surface area (Å²) in [6, 6.07) is 24.8. The smallest absolute Gasteiger partial charge is 0.338 e. The van der Waals surface area contributed by atoms with Crippen LogP contribution in [0.25, 0.3) is 0 Å². The first-order chi connectivity index (χ1) is 24.8. The van der Waals surface area contributed by atoms with Gasteiger partial charge in [0.15, 0.2) is 0 Å². The number of rotatable bonds is 14. The third-order valence-electron chi connectivity index (χ3n) is 9.53. The van der Waals surface area contributed by atoms with Gasteiger partial charge in [0.05, 0.1) is 24.7 Å². The van der Waals surface area contributed by atoms with Gasteiger partial charge in [-0.15, -0.1) is 12.3 Å². The lowest BCUT2D eigenvalue weighted by Gasteiger charge is -2.34. The Morgan fingerprint density at radius 2 is 1.51 bits per heavy atom. The molecule has 2 unspecified atom stereocenters. The van der Waals surface area contributed by atoms with Crippen molar-refractivity contribution in [3.63, 3.8) is 0 Å². The van der Waals surface area contributed by atoms with E-state index in [0.29, 0.717) is 38.2 Å². The summed E-state index contributed by atoms with van der Waals surface area (Å²) in [5, 5.41) is 0. The van der Waals surface area contributed by atoms with Crippen molar-refractivity contribution in [2.75, 3.05) is 29.6 Å². The molecule has 2 aliphatic carbocycles. The minimum Gasteiger partial charge on any atom is -0.466 e. The van der Waals surface area contributed by atoms with Gasteiger partial charge in [0.2, 0.25) is 0 Å². The fraction of sp³-hybridized carbons (Fsp3) is 0.333. The molecule has 0 aliphatic heterocycles. The summed E-state index contributed by atoms with van der Waals surface area (Å²) in [4.78, 5) is 29.3. The Morgan fingerprint density at radius 1 is 0.843 bits per heavy atom. The largest absolute Gasteiger partial charge is 0.466 e. The fourth-order valence-electron chi connectivity index (χ4n) is 6.63. The van der Waals surface area contributed by atoms with Crippen molar-refractivity contribution in [2.45, 2.75) is 72.1 Å². The van der Waals surface area contributed by atoms with E-state index in [9.17, 15) is 9.59 Å². The van der Waals surface area contributed by atoms with Crippen LogP contribution in [0.5, 0.6) is 0 Å². The van der Waals surface area contributed by atoms with Crippen molar-refractivity contribution in [3.8, 4) is 12.3 Å². The average molecular weight is 683 g/mol. The Kier molecular flexibility index (Phi) is 13.1. The highest BCUT2D eigenvalue weighted by Crippen LogP contribution is 2.37. The molecular weight excluding hydrogens is 633 g/mol. The standard InChI is InChI=1S/C45H50N2O4/c1-6-10-35(11-9-32-46(39-22-12-33(4)13-23-39)40-26-18-37(19-27-40)44(48)50-7-2)36-16-28-42(29-17-36)47(41-24-14-34(5)15-25-41)43-30-20-38(21-31-43)45(49)51-8-3/h1,9,11-14,16-19,22-24,26-30,35,38H,7-8,10,15,20-21,25,31-32H2,2-5H3/b11-9-. The highest BCUT2D eigenvalue weighted by molar-refractivity contribution is 5.90. The topological polar surface area (TPSA) is 59.1 Å². The van der Waals surface area contributed by atoms with E-state index in [1.807, 2.05) is 38.1 Å².